The zero-order valence-corrected chi connectivity index (χ0v) is 12.3. The van der Waals surface area contributed by atoms with Crippen LogP contribution in [0.1, 0.15) is 5.56 Å². The van der Waals surface area contributed by atoms with Crippen molar-refractivity contribution < 1.29 is 12.8 Å². The number of fused-ring (bicyclic) bond motifs is 1. The molecule has 1 heterocycles. The number of H-pyrrole nitrogens is 2. The third-order valence-corrected chi connectivity index (χ3v) is 4.74. The lowest BCUT2D eigenvalue weighted by atomic mass is 10.2. The smallest absolute Gasteiger partial charge is 0.306 e. The van der Waals surface area contributed by atoms with E-state index in [2.05, 4.69) is 14.7 Å². The molecule has 0 aliphatic carbocycles. The van der Waals surface area contributed by atoms with Crippen LogP contribution in [0.3, 0.4) is 0 Å². The Morgan fingerprint density at radius 1 is 1.05 bits per heavy atom. The molecule has 22 heavy (non-hydrogen) atoms. The van der Waals surface area contributed by atoms with Gasteiger partial charge in [0.15, 0.2) is 0 Å². The summed E-state index contributed by atoms with van der Waals surface area (Å²) in [5.41, 5.74) is 1.30. The highest BCUT2D eigenvalue weighted by Crippen LogP contribution is 2.21. The number of imidazole rings is 1. The lowest BCUT2D eigenvalue weighted by Gasteiger charge is -2.10. The highest BCUT2D eigenvalue weighted by atomic mass is 32.2. The van der Waals surface area contributed by atoms with Gasteiger partial charge < -0.3 is 9.97 Å². The molecule has 0 aliphatic heterocycles. The minimum atomic E-state index is -3.84. The quantitative estimate of drug-likeness (QED) is 0.689. The summed E-state index contributed by atoms with van der Waals surface area (Å²) in [7, 11) is -3.84. The third-order valence-electron chi connectivity index (χ3n) is 3.19. The van der Waals surface area contributed by atoms with E-state index in [1.54, 1.807) is 6.07 Å². The van der Waals surface area contributed by atoms with E-state index in [1.165, 1.54) is 25.1 Å². The predicted molar refractivity (Wildman–Crippen MR) is 80.9 cm³/mol. The van der Waals surface area contributed by atoms with Crippen molar-refractivity contribution in [3.63, 3.8) is 0 Å². The first kappa shape index (κ1) is 14.3. The summed E-state index contributed by atoms with van der Waals surface area (Å²) in [6.45, 7) is 1.52. The molecule has 0 unspecified atom stereocenters. The molecular weight excluding hydrogens is 309 g/mol. The fourth-order valence-corrected chi connectivity index (χ4v) is 3.50. The Morgan fingerprint density at radius 2 is 1.77 bits per heavy atom. The Hall–Kier alpha value is -2.61. The number of sulfonamides is 1. The Kier molecular flexibility index (Phi) is 3.25. The van der Waals surface area contributed by atoms with Gasteiger partial charge in [-0.2, -0.15) is 0 Å². The topological polar surface area (TPSA) is 94.8 Å². The van der Waals surface area contributed by atoms with E-state index in [-0.39, 0.29) is 10.6 Å². The van der Waals surface area contributed by atoms with Crippen molar-refractivity contribution in [1.82, 2.24) is 9.97 Å². The molecule has 0 bridgehead atoms. The van der Waals surface area contributed by atoms with Crippen LogP contribution in [0.15, 0.2) is 46.1 Å². The van der Waals surface area contributed by atoms with Crippen LogP contribution in [0.25, 0.3) is 11.0 Å². The molecule has 3 rings (SSSR count). The average Bonchev–Trinajstić information content (AvgIpc) is 2.77. The molecular formula is C14H12FN3O3S. The first-order valence-corrected chi connectivity index (χ1v) is 7.84. The maximum absolute atomic E-state index is 13.1. The van der Waals surface area contributed by atoms with Gasteiger partial charge in [0, 0.05) is 0 Å². The fraction of sp³-hybridized carbons (Fsp3) is 0.0714. The van der Waals surface area contributed by atoms with Crippen LogP contribution in [0.2, 0.25) is 0 Å². The summed E-state index contributed by atoms with van der Waals surface area (Å²) in [6, 6.07) is 8.08. The summed E-state index contributed by atoms with van der Waals surface area (Å²) < 4.78 is 40.2. The van der Waals surface area contributed by atoms with E-state index in [0.29, 0.717) is 22.3 Å². The van der Waals surface area contributed by atoms with E-state index < -0.39 is 15.8 Å². The van der Waals surface area contributed by atoms with Crippen LogP contribution in [0.5, 0.6) is 0 Å². The number of hydrogen-bond donors (Lipinski definition) is 3. The molecule has 1 aromatic heterocycles. The normalized spacial score (nSPS) is 11.7. The molecule has 2 aromatic carbocycles. The van der Waals surface area contributed by atoms with Crippen molar-refractivity contribution in [3.05, 3.63) is 58.3 Å². The van der Waals surface area contributed by atoms with Crippen LogP contribution in [0.4, 0.5) is 10.1 Å². The fourth-order valence-electron chi connectivity index (χ4n) is 2.22. The van der Waals surface area contributed by atoms with E-state index in [9.17, 15) is 17.6 Å². The van der Waals surface area contributed by atoms with Gasteiger partial charge in [-0.1, -0.05) is 0 Å². The second-order valence-corrected chi connectivity index (χ2v) is 6.51. The largest absolute Gasteiger partial charge is 0.323 e. The number of nitrogens with one attached hydrogen (secondary N) is 3. The molecule has 0 saturated carbocycles. The summed E-state index contributed by atoms with van der Waals surface area (Å²) in [4.78, 5) is 16.3. The van der Waals surface area contributed by atoms with Crippen molar-refractivity contribution in [2.24, 2.45) is 0 Å². The zero-order valence-electron chi connectivity index (χ0n) is 11.5. The first-order valence-electron chi connectivity index (χ1n) is 6.36. The van der Waals surface area contributed by atoms with Crippen LogP contribution < -0.4 is 10.4 Å². The minimum absolute atomic E-state index is 0.00319. The van der Waals surface area contributed by atoms with Crippen molar-refractivity contribution in [1.29, 1.82) is 0 Å². The molecule has 0 radical (unpaired) electrons. The molecule has 0 fully saturated rings. The van der Waals surface area contributed by atoms with Crippen molar-refractivity contribution in [2.45, 2.75) is 11.8 Å². The third kappa shape index (κ3) is 2.60. The molecule has 3 N–H and O–H groups in total. The van der Waals surface area contributed by atoms with Crippen LogP contribution in [-0.2, 0) is 10.0 Å². The molecule has 0 amide bonds. The number of aromatic nitrogens is 2. The predicted octanol–water partition coefficient (Wildman–Crippen LogP) is 2.10. The molecule has 0 saturated heterocycles. The number of hydrogen-bond acceptors (Lipinski definition) is 3. The number of rotatable bonds is 3. The van der Waals surface area contributed by atoms with Gasteiger partial charge in [0.25, 0.3) is 10.0 Å². The Morgan fingerprint density at radius 3 is 2.50 bits per heavy atom. The standard InChI is InChI=1S/C14H12FN3O3S/c1-8-6-9(15)2-5-13(8)22(20,21)18-10-3-4-11-12(7-10)17-14(19)16-11/h2-7,18H,1H3,(H2,16,17,19). The van der Waals surface area contributed by atoms with E-state index in [1.807, 2.05) is 0 Å². The summed E-state index contributed by atoms with van der Waals surface area (Å²) in [6.07, 6.45) is 0. The highest BCUT2D eigenvalue weighted by molar-refractivity contribution is 7.92. The van der Waals surface area contributed by atoms with Gasteiger partial charge >= 0.3 is 5.69 Å². The Labute approximate surface area is 125 Å². The lowest BCUT2D eigenvalue weighted by molar-refractivity contribution is 0.598. The average molecular weight is 321 g/mol. The molecule has 6 nitrogen and oxygen atoms in total. The minimum Gasteiger partial charge on any atom is -0.306 e. The number of benzene rings is 2. The van der Waals surface area contributed by atoms with Gasteiger partial charge in [-0.15, -0.1) is 0 Å². The number of halogens is 1. The monoisotopic (exact) mass is 321 g/mol. The van der Waals surface area contributed by atoms with Gasteiger partial charge in [-0.25, -0.2) is 17.6 Å². The molecule has 3 aromatic rings. The maximum Gasteiger partial charge on any atom is 0.323 e. The summed E-state index contributed by atoms with van der Waals surface area (Å²) in [5.74, 6) is -0.497. The Bertz CT molecular complexity index is 1020. The zero-order chi connectivity index (χ0) is 15.9. The van der Waals surface area contributed by atoms with Crippen molar-refractivity contribution in [2.75, 3.05) is 4.72 Å². The second-order valence-electron chi connectivity index (χ2n) is 4.85. The molecule has 0 aliphatic rings. The molecule has 0 spiro atoms. The number of anilines is 1. The van der Waals surface area contributed by atoms with E-state index in [0.717, 1.165) is 12.1 Å². The highest BCUT2D eigenvalue weighted by Gasteiger charge is 2.17. The van der Waals surface area contributed by atoms with Crippen molar-refractivity contribution >= 4 is 26.7 Å². The SMILES string of the molecule is Cc1cc(F)ccc1S(=O)(=O)Nc1ccc2[nH]c(=O)[nH]c2c1. The van der Waals surface area contributed by atoms with E-state index in [4.69, 9.17) is 0 Å². The Balaban J connectivity index is 2.00. The van der Waals surface area contributed by atoms with Crippen LogP contribution >= 0.6 is 0 Å². The molecule has 0 atom stereocenters. The maximum atomic E-state index is 13.1. The number of aryl methyl sites for hydroxylation is 1. The lowest BCUT2D eigenvalue weighted by Crippen LogP contribution is -2.14. The van der Waals surface area contributed by atoms with Crippen LogP contribution in [-0.4, -0.2) is 18.4 Å². The van der Waals surface area contributed by atoms with Gasteiger partial charge in [-0.05, 0) is 48.9 Å². The summed E-state index contributed by atoms with van der Waals surface area (Å²) in [5, 5.41) is 0. The molecule has 8 heteroatoms. The van der Waals surface area contributed by atoms with Crippen molar-refractivity contribution in [3.8, 4) is 0 Å². The summed E-state index contributed by atoms with van der Waals surface area (Å²) >= 11 is 0. The van der Waals surface area contributed by atoms with Gasteiger partial charge in [-0.3, -0.25) is 4.72 Å². The van der Waals surface area contributed by atoms with Gasteiger partial charge in [0.05, 0.1) is 21.6 Å². The van der Waals surface area contributed by atoms with Gasteiger partial charge in [0.1, 0.15) is 5.82 Å². The molecule has 114 valence electrons. The second kappa shape index (κ2) is 4.99. The number of aromatic amines is 2. The van der Waals surface area contributed by atoms with E-state index >= 15 is 0 Å². The van der Waals surface area contributed by atoms with Gasteiger partial charge in [0.2, 0.25) is 0 Å². The first-order chi connectivity index (χ1) is 10.3. The van der Waals surface area contributed by atoms with Crippen LogP contribution in [0, 0.1) is 12.7 Å².